The number of allylic oxidation sites excluding steroid dienone is 7. The van der Waals surface area contributed by atoms with Crippen LogP contribution in [0.2, 0.25) is 0 Å². The molecule has 0 atom stereocenters. The summed E-state index contributed by atoms with van der Waals surface area (Å²) in [6, 6.07) is 0. The lowest BCUT2D eigenvalue weighted by Crippen LogP contribution is -1.81. The molecule has 0 fully saturated rings. The van der Waals surface area contributed by atoms with Gasteiger partial charge in [0.2, 0.25) is 0 Å². The van der Waals surface area contributed by atoms with E-state index in [2.05, 4.69) is 19.6 Å². The van der Waals surface area contributed by atoms with Crippen LogP contribution in [0.5, 0.6) is 0 Å². The molecule has 0 amide bonds. The predicted octanol–water partition coefficient (Wildman–Crippen LogP) is 6.08. The second kappa shape index (κ2) is 19.5. The van der Waals surface area contributed by atoms with Gasteiger partial charge in [0.1, 0.15) is 0 Å². The molecule has 0 radical (unpaired) electrons. The predicted molar refractivity (Wildman–Crippen MR) is 79.8 cm³/mol. The summed E-state index contributed by atoms with van der Waals surface area (Å²) in [5, 5.41) is 0. The lowest BCUT2D eigenvalue weighted by Gasteiger charge is -2.01. The minimum Gasteiger partial charge on any atom is -0.0915 e. The Morgan fingerprint density at radius 3 is 1.81 bits per heavy atom. The van der Waals surface area contributed by atoms with E-state index < -0.39 is 0 Å². The Balaban J connectivity index is -0.000000376. The van der Waals surface area contributed by atoms with E-state index in [9.17, 15) is 0 Å². The van der Waals surface area contributed by atoms with Crippen LogP contribution in [0.25, 0.3) is 0 Å². The number of hydrogen-bond donors (Lipinski definition) is 0. The Kier molecular flexibility index (Phi) is 24.9. The lowest BCUT2D eigenvalue weighted by atomic mass is 10.0. The van der Waals surface area contributed by atoms with Crippen LogP contribution in [0.3, 0.4) is 0 Å². The van der Waals surface area contributed by atoms with Crippen molar-refractivity contribution in [3.05, 3.63) is 48.1 Å². The first-order valence-corrected chi connectivity index (χ1v) is 6.40. The number of rotatable bonds is 4. The summed E-state index contributed by atoms with van der Waals surface area (Å²) in [4.78, 5) is 0. The van der Waals surface area contributed by atoms with Crippen LogP contribution < -0.4 is 0 Å². The summed E-state index contributed by atoms with van der Waals surface area (Å²) in [6.45, 7) is 18.1. The molecule has 0 saturated heterocycles. The zero-order valence-corrected chi connectivity index (χ0v) is 12.3. The van der Waals surface area contributed by atoms with Gasteiger partial charge in [0.15, 0.2) is 0 Å². The van der Waals surface area contributed by atoms with Crippen molar-refractivity contribution in [1.82, 2.24) is 0 Å². The van der Waals surface area contributed by atoms with Gasteiger partial charge in [0.25, 0.3) is 0 Å². The third-order valence-electron chi connectivity index (χ3n) is 1.65. The molecule has 0 aromatic rings. The molecule has 16 heavy (non-hydrogen) atoms. The molecule has 94 valence electrons. The summed E-state index contributed by atoms with van der Waals surface area (Å²) in [5.41, 5.74) is 2.41. The monoisotopic (exact) mass is 222 g/mol. The van der Waals surface area contributed by atoms with Crippen LogP contribution in [0.1, 0.15) is 54.9 Å². The SMILES string of the molecule is C=C(/C=C\C)/C(=C/C=C\C)CC.CC.CC. The molecule has 0 aliphatic carbocycles. The number of hydrogen-bond acceptors (Lipinski definition) is 0. The molecule has 0 nitrogen and oxygen atoms in total. The van der Waals surface area contributed by atoms with Gasteiger partial charge in [-0.1, -0.05) is 71.6 Å². The summed E-state index contributed by atoms with van der Waals surface area (Å²) in [7, 11) is 0. The van der Waals surface area contributed by atoms with Gasteiger partial charge in [-0.3, -0.25) is 0 Å². The highest BCUT2D eigenvalue weighted by Gasteiger charge is 1.93. The normalized spacial score (nSPS) is 10.6. The van der Waals surface area contributed by atoms with Crippen molar-refractivity contribution in [3.8, 4) is 0 Å². The molecule has 0 unspecified atom stereocenters. The Labute approximate surface area is 103 Å². The second-order valence-electron chi connectivity index (χ2n) is 2.60. The average Bonchev–Trinajstić information content (AvgIpc) is 2.35. The highest BCUT2D eigenvalue weighted by atomic mass is 14.0. The van der Waals surface area contributed by atoms with Crippen molar-refractivity contribution < 1.29 is 0 Å². The van der Waals surface area contributed by atoms with E-state index in [1.807, 2.05) is 65.8 Å². The molecule has 0 rings (SSSR count). The molecule has 0 bridgehead atoms. The zero-order valence-electron chi connectivity index (χ0n) is 12.3. The van der Waals surface area contributed by atoms with Crippen molar-refractivity contribution >= 4 is 0 Å². The van der Waals surface area contributed by atoms with E-state index in [0.717, 1.165) is 12.0 Å². The van der Waals surface area contributed by atoms with Crippen molar-refractivity contribution in [2.24, 2.45) is 0 Å². The molecular formula is C16H30. The van der Waals surface area contributed by atoms with E-state index in [4.69, 9.17) is 0 Å². The third-order valence-corrected chi connectivity index (χ3v) is 1.65. The maximum absolute atomic E-state index is 3.98. The molecule has 0 aromatic carbocycles. The van der Waals surface area contributed by atoms with Gasteiger partial charge in [-0.2, -0.15) is 0 Å². The lowest BCUT2D eigenvalue weighted by molar-refractivity contribution is 1.13. The van der Waals surface area contributed by atoms with E-state index in [0.29, 0.717) is 0 Å². The summed E-state index contributed by atoms with van der Waals surface area (Å²) in [6.07, 6.45) is 11.3. The fourth-order valence-corrected chi connectivity index (χ4v) is 0.973. The standard InChI is InChI=1S/C12H18.2C2H6/c1-5-8-10-12(7-3)11(4)9-6-2;2*1-2/h5-6,8-10H,4,7H2,1-3H3;2*1-2H3/b8-5-,9-6-,12-10+;;. The Morgan fingerprint density at radius 2 is 1.50 bits per heavy atom. The van der Waals surface area contributed by atoms with E-state index >= 15 is 0 Å². The quantitative estimate of drug-likeness (QED) is 0.505. The molecule has 0 heterocycles. The Morgan fingerprint density at radius 1 is 1.00 bits per heavy atom. The first-order valence-electron chi connectivity index (χ1n) is 6.40. The maximum atomic E-state index is 3.98. The Bertz CT molecular complexity index is 214. The summed E-state index contributed by atoms with van der Waals surface area (Å²) < 4.78 is 0. The van der Waals surface area contributed by atoms with Crippen molar-refractivity contribution in [2.45, 2.75) is 54.9 Å². The van der Waals surface area contributed by atoms with Crippen LogP contribution in [0.15, 0.2) is 48.1 Å². The van der Waals surface area contributed by atoms with E-state index in [1.54, 1.807) is 0 Å². The largest absolute Gasteiger partial charge is 0.0915 e. The van der Waals surface area contributed by atoms with Crippen LogP contribution in [0.4, 0.5) is 0 Å². The molecule has 0 aliphatic heterocycles. The van der Waals surface area contributed by atoms with Gasteiger partial charge >= 0.3 is 0 Å². The van der Waals surface area contributed by atoms with Gasteiger partial charge in [-0.15, -0.1) is 0 Å². The summed E-state index contributed by atoms with van der Waals surface area (Å²) in [5.74, 6) is 0. The van der Waals surface area contributed by atoms with E-state index in [1.165, 1.54) is 5.57 Å². The molecule has 0 N–H and O–H groups in total. The second-order valence-corrected chi connectivity index (χ2v) is 2.60. The Hall–Kier alpha value is -1.04. The van der Waals surface area contributed by atoms with Gasteiger partial charge in [-0.05, 0) is 31.4 Å². The molecular weight excluding hydrogens is 192 g/mol. The van der Waals surface area contributed by atoms with Crippen LogP contribution >= 0.6 is 0 Å². The fraction of sp³-hybridized carbons (Fsp3) is 0.500. The summed E-state index contributed by atoms with van der Waals surface area (Å²) >= 11 is 0. The smallest absolute Gasteiger partial charge is 0.0300 e. The minimum absolute atomic E-state index is 1.04. The first kappa shape index (κ1) is 20.4. The molecule has 0 heteroatoms. The third kappa shape index (κ3) is 13.0. The fourth-order valence-electron chi connectivity index (χ4n) is 0.973. The molecule has 0 saturated carbocycles. The van der Waals surface area contributed by atoms with Crippen LogP contribution in [0, 0.1) is 0 Å². The molecule has 0 aliphatic rings. The highest BCUT2D eigenvalue weighted by molar-refractivity contribution is 5.38. The first-order chi connectivity index (χ1) is 7.76. The molecule has 0 aromatic heterocycles. The highest BCUT2D eigenvalue weighted by Crippen LogP contribution is 2.13. The zero-order chi connectivity index (χ0) is 13.4. The van der Waals surface area contributed by atoms with Gasteiger partial charge in [0.05, 0.1) is 0 Å². The van der Waals surface area contributed by atoms with Gasteiger partial charge < -0.3 is 0 Å². The topological polar surface area (TPSA) is 0 Å². The van der Waals surface area contributed by atoms with Crippen LogP contribution in [-0.2, 0) is 0 Å². The van der Waals surface area contributed by atoms with Crippen LogP contribution in [-0.4, -0.2) is 0 Å². The van der Waals surface area contributed by atoms with Crippen molar-refractivity contribution in [3.63, 3.8) is 0 Å². The van der Waals surface area contributed by atoms with Gasteiger partial charge in [0, 0.05) is 0 Å². The van der Waals surface area contributed by atoms with Crippen molar-refractivity contribution in [1.29, 1.82) is 0 Å². The van der Waals surface area contributed by atoms with Crippen molar-refractivity contribution in [2.75, 3.05) is 0 Å². The minimum atomic E-state index is 1.04. The molecule has 0 spiro atoms. The maximum Gasteiger partial charge on any atom is -0.0300 e. The van der Waals surface area contributed by atoms with E-state index in [-0.39, 0.29) is 0 Å². The van der Waals surface area contributed by atoms with Gasteiger partial charge in [-0.25, -0.2) is 0 Å². The average molecular weight is 222 g/mol.